The lowest BCUT2D eigenvalue weighted by atomic mass is 9.70. The van der Waals surface area contributed by atoms with Crippen LogP contribution in [-0.4, -0.2) is 0 Å². The number of para-hydroxylation sites is 1. The SMILES string of the molecule is Clc1ccc2c(c1)C1(c3ccccc3-c3ccc(Br)cc31)c1ccc3oc4ccccc4c3c1-2. The van der Waals surface area contributed by atoms with E-state index in [1.54, 1.807) is 0 Å². The van der Waals surface area contributed by atoms with E-state index in [1.807, 2.05) is 18.2 Å². The summed E-state index contributed by atoms with van der Waals surface area (Å²) < 4.78 is 7.37. The third kappa shape index (κ3) is 2.12. The summed E-state index contributed by atoms with van der Waals surface area (Å²) in [4.78, 5) is 0. The van der Waals surface area contributed by atoms with Crippen LogP contribution in [0.3, 0.4) is 0 Å². The van der Waals surface area contributed by atoms with Crippen molar-refractivity contribution in [1.82, 2.24) is 0 Å². The predicted octanol–water partition coefficient (Wildman–Crippen LogP) is 9.35. The van der Waals surface area contributed by atoms with Gasteiger partial charge >= 0.3 is 0 Å². The first kappa shape index (κ1) is 19.0. The standard InChI is InChI=1S/C31H16BrClO/c32-17-9-11-20-19-5-1-3-7-23(19)31(25(20)15-17)24-13-14-28-30(22-6-2-4-8-27(22)34-28)29(24)21-12-10-18(33)16-26(21)31/h1-16H. The molecule has 1 spiro atoms. The minimum absolute atomic E-state index is 0.433. The summed E-state index contributed by atoms with van der Waals surface area (Å²) in [5.41, 5.74) is 11.5. The topological polar surface area (TPSA) is 13.1 Å². The van der Waals surface area contributed by atoms with E-state index in [0.717, 1.165) is 26.0 Å². The molecule has 0 saturated carbocycles. The summed E-state index contributed by atoms with van der Waals surface area (Å²) >= 11 is 10.4. The van der Waals surface area contributed by atoms with Crippen LogP contribution in [0.2, 0.25) is 5.02 Å². The van der Waals surface area contributed by atoms with Crippen molar-refractivity contribution in [2.24, 2.45) is 0 Å². The highest BCUT2D eigenvalue weighted by Crippen LogP contribution is 2.64. The van der Waals surface area contributed by atoms with Crippen molar-refractivity contribution in [3.8, 4) is 22.3 Å². The molecule has 6 aromatic rings. The van der Waals surface area contributed by atoms with Crippen LogP contribution in [0.5, 0.6) is 0 Å². The van der Waals surface area contributed by atoms with E-state index in [0.29, 0.717) is 0 Å². The van der Waals surface area contributed by atoms with E-state index < -0.39 is 5.41 Å². The van der Waals surface area contributed by atoms with Crippen LogP contribution in [0, 0.1) is 0 Å². The number of hydrogen-bond donors (Lipinski definition) is 0. The molecule has 0 bridgehead atoms. The van der Waals surface area contributed by atoms with Gasteiger partial charge in [0, 0.05) is 20.3 Å². The van der Waals surface area contributed by atoms with Gasteiger partial charge in [-0.15, -0.1) is 0 Å². The van der Waals surface area contributed by atoms with Crippen molar-refractivity contribution < 1.29 is 4.42 Å². The van der Waals surface area contributed by atoms with Crippen LogP contribution < -0.4 is 0 Å². The van der Waals surface area contributed by atoms with Gasteiger partial charge in [-0.05, 0) is 80.9 Å². The highest BCUT2D eigenvalue weighted by atomic mass is 79.9. The fraction of sp³-hybridized carbons (Fsp3) is 0.0323. The zero-order chi connectivity index (χ0) is 22.6. The van der Waals surface area contributed by atoms with E-state index in [9.17, 15) is 0 Å². The molecule has 0 aliphatic heterocycles. The summed E-state index contributed by atoms with van der Waals surface area (Å²) in [6, 6.07) is 34.5. The maximum Gasteiger partial charge on any atom is 0.136 e. The van der Waals surface area contributed by atoms with Crippen LogP contribution in [0.1, 0.15) is 22.3 Å². The van der Waals surface area contributed by atoms with Gasteiger partial charge in [-0.25, -0.2) is 0 Å². The number of hydrogen-bond acceptors (Lipinski definition) is 1. The lowest BCUT2D eigenvalue weighted by Crippen LogP contribution is -2.25. The van der Waals surface area contributed by atoms with Gasteiger partial charge in [0.2, 0.25) is 0 Å². The molecule has 5 aromatic carbocycles. The number of furan rings is 1. The maximum absolute atomic E-state index is 6.68. The zero-order valence-corrected chi connectivity index (χ0v) is 20.2. The Morgan fingerprint density at radius 2 is 1.38 bits per heavy atom. The molecular weight excluding hydrogens is 504 g/mol. The quantitative estimate of drug-likeness (QED) is 0.194. The normalized spacial score (nSPS) is 17.2. The summed E-state index contributed by atoms with van der Waals surface area (Å²) in [6.07, 6.45) is 0. The Bertz CT molecular complexity index is 1850. The van der Waals surface area contributed by atoms with Gasteiger partial charge in [-0.2, -0.15) is 0 Å². The van der Waals surface area contributed by atoms with Gasteiger partial charge < -0.3 is 4.42 Å². The van der Waals surface area contributed by atoms with Gasteiger partial charge in [0.15, 0.2) is 0 Å². The smallest absolute Gasteiger partial charge is 0.136 e. The fourth-order valence-corrected chi connectivity index (χ4v) is 6.96. The second-order valence-corrected chi connectivity index (χ2v) is 10.5. The van der Waals surface area contributed by atoms with Crippen molar-refractivity contribution in [1.29, 1.82) is 0 Å². The molecule has 3 heteroatoms. The van der Waals surface area contributed by atoms with Crippen molar-refractivity contribution in [3.05, 3.63) is 129 Å². The van der Waals surface area contributed by atoms with E-state index >= 15 is 0 Å². The molecule has 1 atom stereocenters. The molecule has 1 heterocycles. The minimum Gasteiger partial charge on any atom is -0.456 e. The lowest BCUT2D eigenvalue weighted by molar-refractivity contribution is 0.668. The molecule has 1 unspecified atom stereocenters. The minimum atomic E-state index is -0.433. The largest absolute Gasteiger partial charge is 0.456 e. The molecule has 2 aliphatic rings. The third-order valence-corrected chi connectivity index (χ3v) is 8.34. The van der Waals surface area contributed by atoms with Gasteiger partial charge in [-0.1, -0.05) is 88.2 Å². The number of halogens is 2. The molecule has 0 radical (unpaired) electrons. The molecule has 1 aromatic heterocycles. The average Bonchev–Trinajstić information content (AvgIpc) is 3.47. The van der Waals surface area contributed by atoms with E-state index in [1.165, 1.54) is 49.9 Å². The Morgan fingerprint density at radius 1 is 0.618 bits per heavy atom. The summed E-state index contributed by atoms with van der Waals surface area (Å²) in [5.74, 6) is 0. The second kappa shape index (κ2) is 6.41. The monoisotopic (exact) mass is 518 g/mol. The van der Waals surface area contributed by atoms with Crippen LogP contribution in [-0.2, 0) is 5.41 Å². The van der Waals surface area contributed by atoms with E-state index in [4.69, 9.17) is 16.0 Å². The Hall–Kier alpha value is -3.33. The Balaban J connectivity index is 1.65. The Morgan fingerprint density at radius 3 is 2.32 bits per heavy atom. The van der Waals surface area contributed by atoms with E-state index in [-0.39, 0.29) is 0 Å². The third-order valence-electron chi connectivity index (χ3n) is 7.61. The molecule has 0 amide bonds. The molecule has 0 fully saturated rings. The highest BCUT2D eigenvalue weighted by Gasteiger charge is 2.52. The molecule has 0 N–H and O–H groups in total. The first-order valence-corrected chi connectivity index (χ1v) is 12.5. The van der Waals surface area contributed by atoms with Crippen LogP contribution in [0.4, 0.5) is 0 Å². The number of fused-ring (bicyclic) bond motifs is 14. The first-order chi connectivity index (χ1) is 16.7. The maximum atomic E-state index is 6.68. The number of rotatable bonds is 0. The molecule has 1 nitrogen and oxygen atoms in total. The van der Waals surface area contributed by atoms with Crippen molar-refractivity contribution >= 4 is 49.5 Å². The van der Waals surface area contributed by atoms with Gasteiger partial charge in [0.05, 0.1) is 5.41 Å². The zero-order valence-electron chi connectivity index (χ0n) is 17.9. The first-order valence-electron chi connectivity index (χ1n) is 11.3. The highest BCUT2D eigenvalue weighted by molar-refractivity contribution is 9.10. The van der Waals surface area contributed by atoms with Crippen molar-refractivity contribution in [2.45, 2.75) is 5.41 Å². The van der Waals surface area contributed by atoms with Crippen molar-refractivity contribution in [2.75, 3.05) is 0 Å². The summed E-state index contributed by atoms with van der Waals surface area (Å²) in [7, 11) is 0. The molecule has 2 aliphatic carbocycles. The van der Waals surface area contributed by atoms with Crippen LogP contribution >= 0.6 is 27.5 Å². The molecular formula is C31H16BrClO. The van der Waals surface area contributed by atoms with E-state index in [2.05, 4.69) is 94.8 Å². The summed E-state index contributed by atoms with van der Waals surface area (Å²) in [6.45, 7) is 0. The number of benzene rings is 5. The average molecular weight is 520 g/mol. The Labute approximate surface area is 209 Å². The molecule has 160 valence electrons. The van der Waals surface area contributed by atoms with Crippen LogP contribution in [0.15, 0.2) is 106 Å². The predicted molar refractivity (Wildman–Crippen MR) is 143 cm³/mol. The van der Waals surface area contributed by atoms with Crippen molar-refractivity contribution in [3.63, 3.8) is 0 Å². The lowest BCUT2D eigenvalue weighted by Gasteiger charge is -2.30. The van der Waals surface area contributed by atoms with Gasteiger partial charge in [0.1, 0.15) is 11.2 Å². The van der Waals surface area contributed by atoms with Gasteiger partial charge in [0.25, 0.3) is 0 Å². The fourth-order valence-electron chi connectivity index (χ4n) is 6.43. The molecule has 8 rings (SSSR count). The Kier molecular flexibility index (Phi) is 3.59. The van der Waals surface area contributed by atoms with Gasteiger partial charge in [-0.3, -0.25) is 0 Å². The summed E-state index contributed by atoms with van der Waals surface area (Å²) in [5, 5.41) is 3.07. The molecule has 34 heavy (non-hydrogen) atoms. The van der Waals surface area contributed by atoms with Crippen LogP contribution in [0.25, 0.3) is 44.2 Å². The molecule has 0 saturated heterocycles. The second-order valence-electron chi connectivity index (χ2n) is 9.13.